The topological polar surface area (TPSA) is 32.5 Å². The van der Waals surface area contributed by atoms with E-state index in [4.69, 9.17) is 5.73 Å². The highest BCUT2D eigenvalue weighted by Gasteiger charge is 2.17. The zero-order chi connectivity index (χ0) is 11.3. The van der Waals surface area contributed by atoms with E-state index in [1.165, 1.54) is 32.5 Å². The van der Waals surface area contributed by atoms with Crippen molar-refractivity contribution in [3.63, 3.8) is 0 Å². The van der Waals surface area contributed by atoms with Crippen LogP contribution in [0.25, 0.3) is 0 Å². The number of likely N-dealkylation sites (tertiary alicyclic amines) is 1. The predicted octanol–water partition coefficient (Wildman–Crippen LogP) is 0.775. The monoisotopic (exact) mass is 211 g/mol. The zero-order valence-corrected chi connectivity index (χ0v) is 10.2. The van der Waals surface area contributed by atoms with Gasteiger partial charge in [-0.15, -0.1) is 0 Å². The molecule has 0 spiro atoms. The fourth-order valence-corrected chi connectivity index (χ4v) is 2.20. The van der Waals surface area contributed by atoms with Crippen LogP contribution in [0.3, 0.4) is 0 Å². The molecule has 0 aliphatic carbocycles. The van der Waals surface area contributed by atoms with E-state index in [2.05, 4.69) is 30.5 Å². The average Bonchev–Trinajstić information content (AvgIpc) is 2.21. The van der Waals surface area contributed by atoms with Crippen molar-refractivity contribution < 1.29 is 0 Å². The normalized spacial score (nSPS) is 19.7. The highest BCUT2D eigenvalue weighted by atomic mass is 15.1. The number of nitrogens with zero attached hydrogens (tertiary/aromatic N) is 2. The lowest BCUT2D eigenvalue weighted by atomic mass is 9.96. The molecule has 1 aliphatic heterocycles. The minimum Gasteiger partial charge on any atom is -0.327 e. The van der Waals surface area contributed by atoms with Gasteiger partial charge in [0.05, 0.1) is 0 Å². The Morgan fingerprint density at radius 3 is 2.60 bits per heavy atom. The molecule has 0 saturated carbocycles. The van der Waals surface area contributed by atoms with E-state index in [1.54, 1.807) is 0 Å². The number of hydrogen-bond acceptors (Lipinski definition) is 3. The van der Waals surface area contributed by atoms with E-state index in [9.17, 15) is 0 Å². The molecule has 3 nitrogen and oxygen atoms in total. The maximum atomic E-state index is 5.54. The van der Waals surface area contributed by atoms with Gasteiger partial charge in [-0.25, -0.2) is 0 Å². The Balaban J connectivity index is 2.20. The number of likely N-dealkylation sites (N-methyl/N-ethyl adjacent to an activating group) is 1. The Hall–Kier alpha value is -0.380. The Bertz CT molecular complexity index is 195. The molecule has 0 aromatic heterocycles. The molecule has 0 amide bonds. The molecule has 2 N–H and O–H groups in total. The highest BCUT2D eigenvalue weighted by molar-refractivity contribution is 4.98. The van der Waals surface area contributed by atoms with Crippen LogP contribution >= 0.6 is 0 Å². The molecule has 1 saturated heterocycles. The third kappa shape index (κ3) is 4.78. The van der Waals surface area contributed by atoms with Crippen LogP contribution < -0.4 is 5.73 Å². The van der Waals surface area contributed by atoms with E-state index in [0.29, 0.717) is 6.54 Å². The van der Waals surface area contributed by atoms with Gasteiger partial charge in [-0.3, -0.25) is 0 Å². The minimum absolute atomic E-state index is 0.609. The number of piperidine rings is 1. The Morgan fingerprint density at radius 1 is 1.47 bits per heavy atom. The van der Waals surface area contributed by atoms with Crippen LogP contribution in [0.15, 0.2) is 12.2 Å². The summed E-state index contributed by atoms with van der Waals surface area (Å²) in [6.45, 7) is 9.18. The van der Waals surface area contributed by atoms with Crippen LogP contribution in [0.2, 0.25) is 0 Å². The molecule has 0 radical (unpaired) electrons. The Morgan fingerprint density at radius 2 is 2.07 bits per heavy atom. The lowest BCUT2D eigenvalue weighted by molar-refractivity contribution is 0.181. The molecule has 0 bridgehead atoms. The third-order valence-corrected chi connectivity index (χ3v) is 3.19. The molecule has 0 aromatic rings. The van der Waals surface area contributed by atoms with Gasteiger partial charge in [-0.05, 0) is 51.5 Å². The summed E-state index contributed by atoms with van der Waals surface area (Å²) in [5.74, 6) is 0.858. The summed E-state index contributed by atoms with van der Waals surface area (Å²) >= 11 is 0. The van der Waals surface area contributed by atoms with Crippen LogP contribution in [0, 0.1) is 5.92 Å². The molecule has 3 heteroatoms. The number of hydrogen-bond donors (Lipinski definition) is 1. The molecule has 1 fully saturated rings. The third-order valence-electron chi connectivity index (χ3n) is 3.19. The first-order chi connectivity index (χ1) is 7.11. The van der Waals surface area contributed by atoms with E-state index in [0.717, 1.165) is 18.0 Å². The smallest absolute Gasteiger partial charge is 0.0199 e. The van der Waals surface area contributed by atoms with Crippen molar-refractivity contribution in [1.29, 1.82) is 0 Å². The van der Waals surface area contributed by atoms with Gasteiger partial charge in [0.15, 0.2) is 0 Å². The number of rotatable bonds is 5. The molecule has 0 atom stereocenters. The van der Waals surface area contributed by atoms with Crippen LogP contribution in [-0.4, -0.2) is 56.6 Å². The fraction of sp³-hybridized carbons (Fsp3) is 0.833. The first kappa shape index (κ1) is 12.7. The van der Waals surface area contributed by atoms with E-state index >= 15 is 0 Å². The van der Waals surface area contributed by atoms with Crippen molar-refractivity contribution in [1.82, 2.24) is 9.80 Å². The maximum absolute atomic E-state index is 5.54. The summed E-state index contributed by atoms with van der Waals surface area (Å²) in [6.07, 6.45) is 2.66. The summed E-state index contributed by atoms with van der Waals surface area (Å²) in [4.78, 5) is 4.76. The zero-order valence-electron chi connectivity index (χ0n) is 10.2. The minimum atomic E-state index is 0.609. The van der Waals surface area contributed by atoms with Gasteiger partial charge in [0, 0.05) is 19.6 Å². The summed E-state index contributed by atoms with van der Waals surface area (Å²) < 4.78 is 0. The molecule has 1 rings (SSSR count). The largest absolute Gasteiger partial charge is 0.327 e. The lowest BCUT2D eigenvalue weighted by Crippen LogP contribution is -2.36. The second-order valence-corrected chi connectivity index (χ2v) is 4.90. The summed E-state index contributed by atoms with van der Waals surface area (Å²) in [6, 6.07) is 0. The lowest BCUT2D eigenvalue weighted by Gasteiger charge is -2.31. The van der Waals surface area contributed by atoms with Crippen molar-refractivity contribution in [2.75, 3.05) is 46.8 Å². The molecular weight excluding hydrogens is 186 g/mol. The second-order valence-electron chi connectivity index (χ2n) is 4.90. The van der Waals surface area contributed by atoms with Crippen molar-refractivity contribution in [2.45, 2.75) is 12.8 Å². The van der Waals surface area contributed by atoms with Gasteiger partial charge in [0.2, 0.25) is 0 Å². The Labute approximate surface area is 93.9 Å². The van der Waals surface area contributed by atoms with Gasteiger partial charge in [0.25, 0.3) is 0 Å². The summed E-state index contributed by atoms with van der Waals surface area (Å²) in [5.41, 5.74) is 6.67. The predicted molar refractivity (Wildman–Crippen MR) is 65.9 cm³/mol. The molecule has 88 valence electrons. The molecule has 0 unspecified atom stereocenters. The quantitative estimate of drug-likeness (QED) is 0.682. The van der Waals surface area contributed by atoms with Gasteiger partial charge in [-0.2, -0.15) is 0 Å². The van der Waals surface area contributed by atoms with Gasteiger partial charge in [0.1, 0.15) is 0 Å². The average molecular weight is 211 g/mol. The fourth-order valence-electron chi connectivity index (χ4n) is 2.20. The standard InChI is InChI=1S/C12H25N3/c1-11(8-13)9-15(3)10-12-4-6-14(2)7-5-12/h12H,1,4-10,13H2,2-3H3. The summed E-state index contributed by atoms with van der Waals surface area (Å²) in [5, 5.41) is 0. The highest BCUT2D eigenvalue weighted by Crippen LogP contribution is 2.16. The second kappa shape index (κ2) is 6.26. The molecule has 1 heterocycles. The van der Waals surface area contributed by atoms with Gasteiger partial charge >= 0.3 is 0 Å². The SMILES string of the molecule is C=C(CN)CN(C)CC1CCN(C)CC1. The van der Waals surface area contributed by atoms with Crippen molar-refractivity contribution in [2.24, 2.45) is 11.7 Å². The molecule has 15 heavy (non-hydrogen) atoms. The molecule has 0 aromatic carbocycles. The summed E-state index contributed by atoms with van der Waals surface area (Å²) in [7, 11) is 4.37. The molecule has 1 aliphatic rings. The van der Waals surface area contributed by atoms with Gasteiger partial charge in [-0.1, -0.05) is 6.58 Å². The van der Waals surface area contributed by atoms with Crippen LogP contribution in [0.4, 0.5) is 0 Å². The van der Waals surface area contributed by atoms with Crippen molar-refractivity contribution in [3.8, 4) is 0 Å². The van der Waals surface area contributed by atoms with E-state index in [1.807, 2.05) is 0 Å². The number of nitrogens with two attached hydrogens (primary N) is 1. The van der Waals surface area contributed by atoms with Crippen LogP contribution in [0.5, 0.6) is 0 Å². The molecular formula is C12H25N3. The first-order valence-electron chi connectivity index (χ1n) is 5.85. The van der Waals surface area contributed by atoms with E-state index in [-0.39, 0.29) is 0 Å². The van der Waals surface area contributed by atoms with Gasteiger partial charge < -0.3 is 15.5 Å². The van der Waals surface area contributed by atoms with Crippen molar-refractivity contribution in [3.05, 3.63) is 12.2 Å². The maximum Gasteiger partial charge on any atom is 0.0199 e. The van der Waals surface area contributed by atoms with Crippen LogP contribution in [0.1, 0.15) is 12.8 Å². The van der Waals surface area contributed by atoms with Crippen molar-refractivity contribution >= 4 is 0 Å². The van der Waals surface area contributed by atoms with E-state index < -0.39 is 0 Å². The Kier molecular flexibility index (Phi) is 5.29. The van der Waals surface area contributed by atoms with Crippen LogP contribution in [-0.2, 0) is 0 Å². The first-order valence-corrected chi connectivity index (χ1v) is 5.85.